The van der Waals surface area contributed by atoms with Crippen molar-refractivity contribution >= 4 is 68.0 Å². The SMILES string of the molecule is O=C(COc1ccc(S(=O)(=O)NCc2ccccc2)cc1Cl)Nc1cc(Cl)c(Cl)cc1Cl. The minimum absolute atomic E-state index is 0.0298. The fourth-order valence-corrected chi connectivity index (χ4v) is 4.51. The molecule has 0 fully saturated rings. The van der Waals surface area contributed by atoms with E-state index in [1.54, 1.807) is 0 Å². The third-order valence-corrected chi connectivity index (χ3v) is 6.89. The predicted molar refractivity (Wildman–Crippen MR) is 128 cm³/mol. The molecule has 2 N–H and O–H groups in total. The van der Waals surface area contributed by atoms with Gasteiger partial charge in [-0.05, 0) is 35.9 Å². The molecule has 0 heterocycles. The summed E-state index contributed by atoms with van der Waals surface area (Å²) in [6, 6.07) is 15.9. The van der Waals surface area contributed by atoms with Crippen LogP contribution in [0.4, 0.5) is 5.69 Å². The molecular weight excluding hydrogens is 518 g/mol. The van der Waals surface area contributed by atoms with E-state index in [9.17, 15) is 13.2 Å². The Morgan fingerprint density at radius 2 is 1.53 bits per heavy atom. The van der Waals surface area contributed by atoms with Crippen LogP contribution < -0.4 is 14.8 Å². The monoisotopic (exact) mass is 532 g/mol. The fraction of sp³-hybridized carbons (Fsp3) is 0.0952. The Labute approximate surface area is 205 Å². The lowest BCUT2D eigenvalue weighted by Gasteiger charge is -2.12. The van der Waals surface area contributed by atoms with Gasteiger partial charge in [0.15, 0.2) is 6.61 Å². The topological polar surface area (TPSA) is 84.5 Å². The third kappa shape index (κ3) is 6.51. The van der Waals surface area contributed by atoms with E-state index in [1.807, 2.05) is 30.3 Å². The second kappa shape index (κ2) is 10.7. The summed E-state index contributed by atoms with van der Waals surface area (Å²) in [5, 5.41) is 3.28. The van der Waals surface area contributed by atoms with Gasteiger partial charge in [0.25, 0.3) is 5.91 Å². The molecule has 0 aliphatic carbocycles. The van der Waals surface area contributed by atoms with E-state index in [1.165, 1.54) is 30.3 Å². The van der Waals surface area contributed by atoms with Gasteiger partial charge in [-0.2, -0.15) is 0 Å². The first-order valence-corrected chi connectivity index (χ1v) is 12.1. The van der Waals surface area contributed by atoms with Crippen LogP contribution in [0, 0.1) is 0 Å². The van der Waals surface area contributed by atoms with E-state index >= 15 is 0 Å². The van der Waals surface area contributed by atoms with Crippen LogP contribution in [-0.4, -0.2) is 20.9 Å². The van der Waals surface area contributed by atoms with Crippen molar-refractivity contribution in [2.75, 3.05) is 11.9 Å². The van der Waals surface area contributed by atoms with Crippen LogP contribution in [-0.2, 0) is 21.4 Å². The van der Waals surface area contributed by atoms with Crippen LogP contribution in [0.15, 0.2) is 65.6 Å². The number of amides is 1. The molecule has 0 saturated carbocycles. The van der Waals surface area contributed by atoms with Crippen molar-refractivity contribution < 1.29 is 17.9 Å². The van der Waals surface area contributed by atoms with E-state index < -0.39 is 22.5 Å². The molecule has 0 unspecified atom stereocenters. The summed E-state index contributed by atoms with van der Waals surface area (Å²) in [5.74, 6) is -0.383. The van der Waals surface area contributed by atoms with E-state index in [0.717, 1.165) is 5.56 Å². The second-order valence-electron chi connectivity index (χ2n) is 6.49. The zero-order valence-corrected chi connectivity index (χ0v) is 20.1. The first-order valence-electron chi connectivity index (χ1n) is 9.06. The largest absolute Gasteiger partial charge is 0.482 e. The van der Waals surface area contributed by atoms with Gasteiger partial charge in [0.2, 0.25) is 10.0 Å². The zero-order chi connectivity index (χ0) is 23.3. The summed E-state index contributed by atoms with van der Waals surface area (Å²) in [6.45, 7) is -0.259. The molecule has 3 aromatic carbocycles. The molecule has 0 aliphatic heterocycles. The highest BCUT2D eigenvalue weighted by Crippen LogP contribution is 2.32. The van der Waals surface area contributed by atoms with Crippen molar-refractivity contribution in [2.45, 2.75) is 11.4 Å². The highest BCUT2D eigenvalue weighted by Gasteiger charge is 2.17. The van der Waals surface area contributed by atoms with Crippen LogP contribution >= 0.6 is 46.4 Å². The minimum Gasteiger partial charge on any atom is -0.482 e. The first kappa shape index (κ1) is 24.6. The van der Waals surface area contributed by atoms with Crippen LogP contribution in [0.5, 0.6) is 5.75 Å². The van der Waals surface area contributed by atoms with Gasteiger partial charge < -0.3 is 10.1 Å². The van der Waals surface area contributed by atoms with Crippen molar-refractivity contribution in [1.29, 1.82) is 0 Å². The summed E-state index contributed by atoms with van der Waals surface area (Å²) >= 11 is 24.0. The highest BCUT2D eigenvalue weighted by molar-refractivity contribution is 7.89. The van der Waals surface area contributed by atoms with Crippen molar-refractivity contribution in [3.8, 4) is 5.75 Å². The maximum Gasteiger partial charge on any atom is 0.262 e. The number of carbonyl (C=O) groups excluding carboxylic acids is 1. The number of rotatable bonds is 8. The van der Waals surface area contributed by atoms with Crippen molar-refractivity contribution in [3.63, 3.8) is 0 Å². The highest BCUT2D eigenvalue weighted by atomic mass is 35.5. The standard InChI is InChI=1S/C21H16Cl4N2O4S/c22-15-9-17(24)19(10-16(15)23)27-21(28)12-31-20-7-6-14(8-18(20)25)32(29,30)26-11-13-4-2-1-3-5-13/h1-10,26H,11-12H2,(H,27,28). The summed E-state index contributed by atoms with van der Waals surface area (Å²) in [6.07, 6.45) is 0. The van der Waals surface area contributed by atoms with E-state index in [0.29, 0.717) is 0 Å². The Hall–Kier alpha value is -2.00. The van der Waals surface area contributed by atoms with Crippen LogP contribution in [0.25, 0.3) is 0 Å². The van der Waals surface area contributed by atoms with Gasteiger partial charge in [0.05, 0.1) is 30.7 Å². The molecule has 0 atom stereocenters. The molecule has 0 radical (unpaired) electrons. The molecule has 0 spiro atoms. The number of benzene rings is 3. The molecule has 3 aromatic rings. The number of halogens is 4. The Kier molecular flexibility index (Phi) is 8.27. The van der Waals surface area contributed by atoms with E-state index in [-0.39, 0.29) is 43.0 Å². The van der Waals surface area contributed by atoms with Crippen LogP contribution in [0.3, 0.4) is 0 Å². The molecule has 0 aromatic heterocycles. The lowest BCUT2D eigenvalue weighted by molar-refractivity contribution is -0.118. The molecule has 0 aliphatic rings. The molecule has 32 heavy (non-hydrogen) atoms. The third-order valence-electron chi connectivity index (χ3n) is 4.17. The van der Waals surface area contributed by atoms with Gasteiger partial charge >= 0.3 is 0 Å². The van der Waals surface area contributed by atoms with E-state index in [2.05, 4.69) is 10.0 Å². The van der Waals surface area contributed by atoms with E-state index in [4.69, 9.17) is 51.1 Å². The normalized spacial score (nSPS) is 11.2. The number of sulfonamides is 1. The summed E-state index contributed by atoms with van der Waals surface area (Å²) in [7, 11) is -3.79. The van der Waals surface area contributed by atoms with Crippen LogP contribution in [0.1, 0.15) is 5.56 Å². The average molecular weight is 534 g/mol. The molecule has 0 saturated heterocycles. The molecule has 168 valence electrons. The maximum atomic E-state index is 12.5. The zero-order valence-electron chi connectivity index (χ0n) is 16.2. The first-order chi connectivity index (χ1) is 15.2. The Balaban J connectivity index is 1.61. The summed E-state index contributed by atoms with van der Waals surface area (Å²) < 4.78 is 32.9. The molecule has 3 rings (SSSR count). The smallest absolute Gasteiger partial charge is 0.262 e. The number of hydrogen-bond acceptors (Lipinski definition) is 4. The van der Waals surface area contributed by atoms with Gasteiger partial charge in [0, 0.05) is 6.54 Å². The number of nitrogens with one attached hydrogen (secondary N) is 2. The van der Waals surface area contributed by atoms with Gasteiger partial charge in [0.1, 0.15) is 5.75 Å². The summed E-state index contributed by atoms with van der Waals surface area (Å²) in [4.78, 5) is 12.1. The van der Waals surface area contributed by atoms with Gasteiger partial charge in [-0.15, -0.1) is 0 Å². The summed E-state index contributed by atoms with van der Waals surface area (Å²) in [5.41, 5.74) is 1.09. The molecule has 6 nitrogen and oxygen atoms in total. The number of carbonyl (C=O) groups is 1. The van der Waals surface area contributed by atoms with Crippen molar-refractivity contribution in [3.05, 3.63) is 86.3 Å². The molecular formula is C21H16Cl4N2O4S. The molecule has 1 amide bonds. The molecule has 11 heteroatoms. The fourth-order valence-electron chi connectivity index (χ4n) is 2.57. The average Bonchev–Trinajstić information content (AvgIpc) is 2.76. The quantitative estimate of drug-likeness (QED) is 0.358. The van der Waals surface area contributed by atoms with Gasteiger partial charge in [-0.1, -0.05) is 76.7 Å². The van der Waals surface area contributed by atoms with Crippen LogP contribution in [0.2, 0.25) is 20.1 Å². The maximum absolute atomic E-state index is 12.5. The van der Waals surface area contributed by atoms with Gasteiger partial charge in [-0.3, -0.25) is 4.79 Å². The lowest BCUT2D eigenvalue weighted by atomic mass is 10.2. The lowest BCUT2D eigenvalue weighted by Crippen LogP contribution is -2.23. The Bertz CT molecular complexity index is 1240. The Morgan fingerprint density at radius 3 is 2.22 bits per heavy atom. The predicted octanol–water partition coefficient (Wildman–Crippen LogP) is 5.80. The van der Waals surface area contributed by atoms with Gasteiger partial charge in [-0.25, -0.2) is 13.1 Å². The van der Waals surface area contributed by atoms with Crippen molar-refractivity contribution in [1.82, 2.24) is 4.72 Å². The van der Waals surface area contributed by atoms with Crippen molar-refractivity contribution in [2.24, 2.45) is 0 Å². The number of hydrogen-bond donors (Lipinski definition) is 2. The second-order valence-corrected chi connectivity index (χ2v) is 9.88. The Morgan fingerprint density at radius 1 is 0.844 bits per heavy atom. The minimum atomic E-state index is -3.79. The number of anilines is 1. The molecule has 0 bridgehead atoms. The number of ether oxygens (including phenoxy) is 1.